The Balaban J connectivity index is 1.54. The van der Waals surface area contributed by atoms with Crippen LogP contribution in [0.1, 0.15) is 50.5 Å². The molecular weight excluding hydrogens is 264 g/mol. The van der Waals surface area contributed by atoms with Crippen LogP contribution in [0.2, 0.25) is 0 Å². The van der Waals surface area contributed by atoms with E-state index in [0.29, 0.717) is 11.9 Å². The monoisotopic (exact) mass is 290 g/mol. The van der Waals surface area contributed by atoms with E-state index >= 15 is 0 Å². The Morgan fingerprint density at radius 3 is 3.05 bits per heavy atom. The highest BCUT2D eigenvalue weighted by atomic mass is 16.5. The van der Waals surface area contributed by atoms with E-state index in [0.717, 1.165) is 26.0 Å². The molecule has 2 fully saturated rings. The van der Waals surface area contributed by atoms with Gasteiger partial charge in [0.25, 0.3) is 0 Å². The number of hydrogen-bond acceptors (Lipinski definition) is 4. The van der Waals surface area contributed by atoms with Crippen molar-refractivity contribution in [2.45, 2.75) is 63.1 Å². The number of ether oxygens (including phenoxy) is 2. The van der Waals surface area contributed by atoms with Crippen molar-refractivity contribution in [2.75, 3.05) is 13.7 Å². The van der Waals surface area contributed by atoms with Gasteiger partial charge in [-0.1, -0.05) is 19.3 Å². The molecule has 4 heteroatoms. The van der Waals surface area contributed by atoms with Crippen molar-refractivity contribution in [3.05, 3.63) is 23.9 Å². The Morgan fingerprint density at radius 1 is 1.38 bits per heavy atom. The van der Waals surface area contributed by atoms with Gasteiger partial charge in [0, 0.05) is 31.5 Å². The van der Waals surface area contributed by atoms with Crippen molar-refractivity contribution in [1.29, 1.82) is 0 Å². The summed E-state index contributed by atoms with van der Waals surface area (Å²) in [6, 6.07) is 4.62. The molecule has 0 radical (unpaired) electrons. The van der Waals surface area contributed by atoms with Gasteiger partial charge in [-0.25, -0.2) is 4.98 Å². The average Bonchev–Trinajstić information content (AvgIpc) is 2.54. The summed E-state index contributed by atoms with van der Waals surface area (Å²) in [5.41, 5.74) is 1.40. The third-order valence-corrected chi connectivity index (χ3v) is 4.86. The molecule has 3 rings (SSSR count). The van der Waals surface area contributed by atoms with Gasteiger partial charge in [0.15, 0.2) is 0 Å². The fourth-order valence-electron chi connectivity index (χ4n) is 3.68. The summed E-state index contributed by atoms with van der Waals surface area (Å²) < 4.78 is 11.3. The van der Waals surface area contributed by atoms with Gasteiger partial charge in [0.1, 0.15) is 0 Å². The van der Waals surface area contributed by atoms with Crippen LogP contribution in [0, 0.1) is 0 Å². The fraction of sp³-hybridized carbons (Fsp3) is 0.706. The highest BCUT2D eigenvalue weighted by Crippen LogP contribution is 2.38. The Morgan fingerprint density at radius 2 is 2.24 bits per heavy atom. The molecule has 21 heavy (non-hydrogen) atoms. The van der Waals surface area contributed by atoms with E-state index in [1.807, 2.05) is 18.3 Å². The van der Waals surface area contributed by atoms with E-state index in [9.17, 15) is 0 Å². The predicted octanol–water partition coefficient (Wildman–Crippen LogP) is 3.06. The first kappa shape index (κ1) is 14.8. The third kappa shape index (κ3) is 3.74. The Labute approximate surface area is 127 Å². The summed E-state index contributed by atoms with van der Waals surface area (Å²) in [5, 5.41) is 3.70. The lowest BCUT2D eigenvalue weighted by Gasteiger charge is -2.43. The maximum Gasteiger partial charge on any atom is 0.213 e. The molecule has 1 spiro atoms. The van der Waals surface area contributed by atoms with Crippen molar-refractivity contribution in [2.24, 2.45) is 0 Å². The van der Waals surface area contributed by atoms with Crippen molar-refractivity contribution in [3.63, 3.8) is 0 Å². The largest absolute Gasteiger partial charge is 0.481 e. The van der Waals surface area contributed by atoms with E-state index in [-0.39, 0.29) is 5.60 Å². The second-order valence-corrected chi connectivity index (χ2v) is 6.37. The quantitative estimate of drug-likeness (QED) is 0.925. The number of rotatable bonds is 4. The highest BCUT2D eigenvalue weighted by molar-refractivity contribution is 5.20. The molecule has 1 aliphatic heterocycles. The van der Waals surface area contributed by atoms with Crippen molar-refractivity contribution < 1.29 is 9.47 Å². The van der Waals surface area contributed by atoms with E-state index in [1.54, 1.807) is 7.11 Å². The van der Waals surface area contributed by atoms with Crippen molar-refractivity contribution in [3.8, 4) is 5.88 Å². The molecular formula is C17H26N2O2. The van der Waals surface area contributed by atoms with Gasteiger partial charge in [0.2, 0.25) is 5.88 Å². The van der Waals surface area contributed by atoms with Crippen LogP contribution in [-0.2, 0) is 11.3 Å². The first-order valence-electron chi connectivity index (χ1n) is 8.16. The van der Waals surface area contributed by atoms with Crippen LogP contribution in [-0.4, -0.2) is 30.3 Å². The van der Waals surface area contributed by atoms with Gasteiger partial charge < -0.3 is 14.8 Å². The molecule has 1 saturated carbocycles. The van der Waals surface area contributed by atoms with Crippen LogP contribution >= 0.6 is 0 Å². The van der Waals surface area contributed by atoms with Gasteiger partial charge in [-0.3, -0.25) is 0 Å². The predicted molar refractivity (Wildman–Crippen MR) is 82.4 cm³/mol. The first-order chi connectivity index (χ1) is 10.3. The summed E-state index contributed by atoms with van der Waals surface area (Å²) in [7, 11) is 1.66. The summed E-state index contributed by atoms with van der Waals surface area (Å²) in [6.45, 7) is 1.77. The van der Waals surface area contributed by atoms with Gasteiger partial charge in [-0.05, 0) is 37.3 Å². The van der Waals surface area contributed by atoms with Crippen LogP contribution in [0.5, 0.6) is 5.88 Å². The van der Waals surface area contributed by atoms with Gasteiger partial charge in [0.05, 0.1) is 12.7 Å². The minimum absolute atomic E-state index is 0.171. The highest BCUT2D eigenvalue weighted by Gasteiger charge is 2.38. The molecule has 1 saturated heterocycles. The lowest BCUT2D eigenvalue weighted by molar-refractivity contribution is -0.109. The molecule has 1 aromatic rings. The second kappa shape index (κ2) is 6.75. The topological polar surface area (TPSA) is 43.4 Å². The zero-order valence-corrected chi connectivity index (χ0v) is 12.9. The number of hydrogen-bond donors (Lipinski definition) is 1. The van der Waals surface area contributed by atoms with Crippen LogP contribution in [0.25, 0.3) is 0 Å². The number of methoxy groups -OCH3 is 1. The summed E-state index contributed by atoms with van der Waals surface area (Å²) in [4.78, 5) is 4.15. The van der Waals surface area contributed by atoms with E-state index in [4.69, 9.17) is 9.47 Å². The average molecular weight is 290 g/mol. The summed E-state index contributed by atoms with van der Waals surface area (Å²) >= 11 is 0. The Bertz CT molecular complexity index is 452. The molecule has 1 aliphatic carbocycles. The standard InChI is InChI=1S/C17H26N2O2/c1-20-16-11-14(5-9-18-16)13-19-15-6-10-21-17(12-15)7-3-2-4-8-17/h5,9,11,15,19H,2-4,6-8,10,12-13H2,1H3. The van der Waals surface area contributed by atoms with Crippen LogP contribution in [0.4, 0.5) is 0 Å². The Kier molecular flexibility index (Phi) is 4.76. The molecule has 0 bridgehead atoms. The molecule has 2 heterocycles. The summed E-state index contributed by atoms with van der Waals surface area (Å²) in [6.07, 6.45) is 10.6. The van der Waals surface area contributed by atoms with E-state index in [1.165, 1.54) is 37.7 Å². The van der Waals surface area contributed by atoms with E-state index in [2.05, 4.69) is 10.3 Å². The minimum Gasteiger partial charge on any atom is -0.481 e. The number of pyridine rings is 1. The molecule has 4 nitrogen and oxygen atoms in total. The van der Waals surface area contributed by atoms with E-state index < -0.39 is 0 Å². The zero-order valence-electron chi connectivity index (χ0n) is 12.9. The molecule has 1 N–H and O–H groups in total. The molecule has 116 valence electrons. The smallest absolute Gasteiger partial charge is 0.213 e. The lowest BCUT2D eigenvalue weighted by Crippen LogP contribution is -2.47. The second-order valence-electron chi connectivity index (χ2n) is 6.37. The Hall–Kier alpha value is -1.13. The zero-order chi connectivity index (χ0) is 14.5. The normalized spacial score (nSPS) is 24.9. The molecule has 1 atom stereocenters. The van der Waals surface area contributed by atoms with Crippen LogP contribution in [0.15, 0.2) is 18.3 Å². The molecule has 1 unspecified atom stereocenters. The minimum atomic E-state index is 0.171. The van der Waals surface area contributed by atoms with Gasteiger partial charge in [-0.2, -0.15) is 0 Å². The summed E-state index contributed by atoms with van der Waals surface area (Å²) in [5.74, 6) is 0.685. The van der Waals surface area contributed by atoms with Crippen molar-refractivity contribution >= 4 is 0 Å². The number of aromatic nitrogens is 1. The number of nitrogens with zero attached hydrogens (tertiary/aromatic N) is 1. The third-order valence-electron chi connectivity index (χ3n) is 4.86. The van der Waals surface area contributed by atoms with Gasteiger partial charge >= 0.3 is 0 Å². The fourth-order valence-corrected chi connectivity index (χ4v) is 3.68. The lowest BCUT2D eigenvalue weighted by atomic mass is 9.78. The first-order valence-corrected chi connectivity index (χ1v) is 8.16. The van der Waals surface area contributed by atoms with Crippen LogP contribution in [0.3, 0.4) is 0 Å². The molecule has 0 amide bonds. The molecule has 1 aromatic heterocycles. The van der Waals surface area contributed by atoms with Crippen molar-refractivity contribution in [1.82, 2.24) is 10.3 Å². The number of nitrogens with one attached hydrogen (secondary N) is 1. The SMILES string of the molecule is COc1cc(CNC2CCOC3(CCCCC3)C2)ccn1. The molecule has 2 aliphatic rings. The molecule has 0 aromatic carbocycles. The van der Waals surface area contributed by atoms with Crippen LogP contribution < -0.4 is 10.1 Å². The maximum absolute atomic E-state index is 6.16. The van der Waals surface area contributed by atoms with Gasteiger partial charge in [-0.15, -0.1) is 0 Å². The maximum atomic E-state index is 6.16.